The van der Waals surface area contributed by atoms with E-state index in [1.807, 2.05) is 44.5 Å². The predicted octanol–water partition coefficient (Wildman–Crippen LogP) is 5.74. The Morgan fingerprint density at radius 3 is 2.80 bits per heavy atom. The maximum atomic E-state index is 15.6. The molecule has 3 aliphatic heterocycles. The van der Waals surface area contributed by atoms with Gasteiger partial charge in [0, 0.05) is 0 Å². The molecule has 3 aromatic heterocycles. The summed E-state index contributed by atoms with van der Waals surface area (Å²) in [5.74, 6) is 0. The van der Waals surface area contributed by atoms with Gasteiger partial charge < -0.3 is 0 Å². The monoisotopic (exact) mass is 604 g/mol. The quantitative estimate of drug-likeness (QED) is 0.305. The molecule has 6 nitrogen and oxygen atoms in total. The first kappa shape index (κ1) is 23.4. The fourth-order valence-electron chi connectivity index (χ4n) is 5.76. The first-order chi connectivity index (χ1) is 16.5. The number of nitrogens with zero attached hydrogens (tertiary/aromatic N) is 5. The zero-order chi connectivity index (χ0) is 24.9. The zero-order valence-electron chi connectivity index (χ0n) is 20.9. The Hall–Kier alpha value is -2.03. The second-order valence-electron chi connectivity index (χ2n) is 11.1. The van der Waals surface area contributed by atoms with E-state index in [9.17, 15) is 5.26 Å². The SMILES string of the molecule is Cc1cn2cc(C3=Cc4sc(N(C)[C@@H]5CC(C)(C)NC(C)(C)[C@@H]5F)nc4C4CI34)cc(C#N)c2n1. The Balaban J connectivity index is 1.36. The Morgan fingerprint density at radius 1 is 1.29 bits per heavy atom. The van der Waals surface area contributed by atoms with Crippen molar-refractivity contribution in [2.75, 3.05) is 16.4 Å². The van der Waals surface area contributed by atoms with Crippen LogP contribution in [0.25, 0.3) is 15.3 Å². The number of piperidine rings is 1. The number of nitrogens with one attached hydrogen (secondary N) is 1. The third kappa shape index (κ3) is 3.80. The minimum absolute atomic E-state index is 0.146. The molecule has 0 spiro atoms. The molecular formula is C26H30FIN6S. The first-order valence-corrected chi connectivity index (χ1v) is 16.6. The van der Waals surface area contributed by atoms with Crippen LogP contribution in [0.2, 0.25) is 0 Å². The number of halogens is 2. The van der Waals surface area contributed by atoms with E-state index >= 15 is 4.39 Å². The van der Waals surface area contributed by atoms with E-state index in [4.69, 9.17) is 4.98 Å². The van der Waals surface area contributed by atoms with Crippen molar-refractivity contribution in [3.05, 3.63) is 45.9 Å². The maximum absolute atomic E-state index is 15.6. The number of hydrogen-bond donors (Lipinski definition) is 1. The van der Waals surface area contributed by atoms with Crippen molar-refractivity contribution < 1.29 is 4.39 Å². The summed E-state index contributed by atoms with van der Waals surface area (Å²) in [5, 5.41) is 14.1. The molecule has 6 rings (SSSR count). The number of thiazole rings is 1. The number of pyridine rings is 1. The second kappa shape index (κ2) is 7.73. The van der Waals surface area contributed by atoms with Gasteiger partial charge in [-0.15, -0.1) is 0 Å². The van der Waals surface area contributed by atoms with Crippen LogP contribution in [0.4, 0.5) is 9.52 Å². The first-order valence-electron chi connectivity index (χ1n) is 11.9. The third-order valence-corrected chi connectivity index (χ3v) is 14.4. The number of fused-ring (bicyclic) bond motifs is 4. The van der Waals surface area contributed by atoms with E-state index in [0.29, 0.717) is 9.49 Å². The van der Waals surface area contributed by atoms with Gasteiger partial charge in [-0.05, 0) is 0 Å². The van der Waals surface area contributed by atoms with E-state index in [1.165, 1.54) is 18.6 Å². The van der Waals surface area contributed by atoms with Crippen LogP contribution in [0, 0.1) is 18.3 Å². The van der Waals surface area contributed by atoms with Crippen molar-refractivity contribution in [1.29, 1.82) is 5.26 Å². The van der Waals surface area contributed by atoms with E-state index in [0.717, 1.165) is 28.5 Å². The number of nitriles is 1. The summed E-state index contributed by atoms with van der Waals surface area (Å²) < 4.78 is 20.8. The molecule has 0 bridgehead atoms. The van der Waals surface area contributed by atoms with Crippen molar-refractivity contribution in [1.82, 2.24) is 19.7 Å². The Kier molecular flexibility index (Phi) is 5.16. The van der Waals surface area contributed by atoms with Gasteiger partial charge >= 0.3 is 217 Å². The minimum atomic E-state index is -1.36. The van der Waals surface area contributed by atoms with Gasteiger partial charge in [-0.3, -0.25) is 0 Å². The molecule has 2 saturated heterocycles. The average molecular weight is 605 g/mol. The van der Waals surface area contributed by atoms with Crippen molar-refractivity contribution in [2.45, 2.75) is 68.3 Å². The predicted molar refractivity (Wildman–Crippen MR) is 149 cm³/mol. The molecule has 0 amide bonds. The second-order valence-corrected chi connectivity index (χ2v) is 18.0. The molecule has 1 unspecified atom stereocenters. The molecule has 9 heteroatoms. The molecule has 35 heavy (non-hydrogen) atoms. The Labute approximate surface area is 216 Å². The van der Waals surface area contributed by atoms with Gasteiger partial charge in [0.1, 0.15) is 0 Å². The van der Waals surface area contributed by atoms with Crippen LogP contribution in [0.3, 0.4) is 0 Å². The molecule has 0 aromatic carbocycles. The van der Waals surface area contributed by atoms with Gasteiger partial charge in [-0.25, -0.2) is 0 Å². The number of alkyl halides is 3. The van der Waals surface area contributed by atoms with Gasteiger partial charge in [-0.1, -0.05) is 0 Å². The summed E-state index contributed by atoms with van der Waals surface area (Å²) in [6, 6.07) is 4.11. The molecule has 6 heterocycles. The van der Waals surface area contributed by atoms with Crippen LogP contribution < -0.4 is 10.2 Å². The molecular weight excluding hydrogens is 574 g/mol. The average Bonchev–Trinajstić information content (AvgIpc) is 3.31. The van der Waals surface area contributed by atoms with E-state index in [2.05, 4.69) is 47.4 Å². The number of anilines is 1. The summed E-state index contributed by atoms with van der Waals surface area (Å²) in [6.45, 7) is 10.2. The van der Waals surface area contributed by atoms with Crippen LogP contribution in [-0.4, -0.2) is 49.1 Å². The summed E-state index contributed by atoms with van der Waals surface area (Å²) in [5.41, 5.74) is 3.86. The zero-order valence-corrected chi connectivity index (χ0v) is 23.8. The molecule has 1 N–H and O–H groups in total. The normalized spacial score (nSPS) is 27.1. The number of aromatic nitrogens is 3. The van der Waals surface area contributed by atoms with E-state index in [1.54, 1.807) is 11.3 Å². The fourth-order valence-corrected chi connectivity index (χ4v) is 13.7. The van der Waals surface area contributed by atoms with E-state index in [-0.39, 0.29) is 11.6 Å². The summed E-state index contributed by atoms with van der Waals surface area (Å²) in [6.07, 6.45) is 6.15. The van der Waals surface area contributed by atoms with Gasteiger partial charge in [0.25, 0.3) is 0 Å². The van der Waals surface area contributed by atoms with Crippen LogP contribution >= 0.6 is 31.2 Å². The van der Waals surface area contributed by atoms with Crippen LogP contribution in [0.1, 0.15) is 65.4 Å². The molecule has 0 saturated carbocycles. The number of hydrogen-bond acceptors (Lipinski definition) is 6. The van der Waals surface area contributed by atoms with Gasteiger partial charge in [-0.2, -0.15) is 0 Å². The van der Waals surface area contributed by atoms with E-state index < -0.39 is 31.5 Å². The standard InChI is InChI=1S/C26H30FIN6S/c1-14-12-34-13-16(7-15(11-29)23(34)30-14)17-8-20-21(18-10-28(17)18)31-24(35-20)33(6)19-9-25(2,3)32-26(4,5)22(19)27/h7-8,12-13,18-19,22,32H,9-10H2,1-6H3/t18?,19-,22-/m1/s1. The van der Waals surface area contributed by atoms with Gasteiger partial charge in [0.05, 0.1) is 0 Å². The van der Waals surface area contributed by atoms with Crippen LogP contribution in [0.15, 0.2) is 18.5 Å². The third-order valence-electron chi connectivity index (χ3n) is 7.28. The molecule has 2 fully saturated rings. The molecule has 0 aliphatic carbocycles. The number of imidazole rings is 1. The topological polar surface area (TPSA) is 69.2 Å². The molecule has 0 radical (unpaired) electrons. The molecule has 3 aliphatic rings. The summed E-state index contributed by atoms with van der Waals surface area (Å²) >= 11 is 0.317. The number of aryl methyl sites for hydroxylation is 1. The van der Waals surface area contributed by atoms with Crippen LogP contribution in [-0.2, 0) is 0 Å². The van der Waals surface area contributed by atoms with Crippen LogP contribution in [0.5, 0.6) is 0 Å². The van der Waals surface area contributed by atoms with Gasteiger partial charge in [0.15, 0.2) is 0 Å². The number of rotatable bonds is 3. The summed E-state index contributed by atoms with van der Waals surface area (Å²) in [4.78, 5) is 12.9. The van der Waals surface area contributed by atoms with Crippen molar-refractivity contribution in [3.8, 4) is 6.07 Å². The molecule has 3 aromatic rings. The van der Waals surface area contributed by atoms with Crippen molar-refractivity contribution in [2.24, 2.45) is 0 Å². The Bertz CT molecular complexity index is 1430. The van der Waals surface area contributed by atoms with Gasteiger partial charge in [0.2, 0.25) is 0 Å². The molecule has 3 atom stereocenters. The van der Waals surface area contributed by atoms with Crippen molar-refractivity contribution in [3.63, 3.8) is 0 Å². The Morgan fingerprint density at radius 2 is 2.06 bits per heavy atom. The summed E-state index contributed by atoms with van der Waals surface area (Å²) in [7, 11) is 2.00. The fraction of sp³-hybridized carbons (Fsp3) is 0.500. The van der Waals surface area contributed by atoms with Crippen molar-refractivity contribution >= 4 is 51.6 Å². The molecule has 184 valence electrons.